The molecule has 0 saturated carbocycles. The van der Waals surface area contributed by atoms with E-state index in [2.05, 4.69) is 24.1 Å². The summed E-state index contributed by atoms with van der Waals surface area (Å²) in [5, 5.41) is 3.36. The molecule has 1 heterocycles. The summed E-state index contributed by atoms with van der Waals surface area (Å²) < 4.78 is 10.7. The Hall–Kier alpha value is -1.13. The highest BCUT2D eigenvalue weighted by atomic mass is 16.5. The second kappa shape index (κ2) is 8.06. The molecule has 0 radical (unpaired) electrons. The third-order valence-corrected chi connectivity index (χ3v) is 2.39. The normalized spacial score (nSPS) is 12.7. The van der Waals surface area contributed by atoms with Gasteiger partial charge in [0.15, 0.2) is 0 Å². The molecule has 1 N–H and O–H groups in total. The van der Waals surface area contributed by atoms with E-state index in [-0.39, 0.29) is 6.10 Å². The molecule has 1 atom stereocenters. The van der Waals surface area contributed by atoms with E-state index in [1.807, 2.05) is 19.1 Å². The Morgan fingerprint density at radius 2 is 2.06 bits per heavy atom. The summed E-state index contributed by atoms with van der Waals surface area (Å²) in [5.74, 6) is 1.44. The van der Waals surface area contributed by atoms with Crippen LogP contribution in [0.1, 0.15) is 26.5 Å². The maximum atomic E-state index is 5.64. The van der Waals surface area contributed by atoms with Crippen LogP contribution in [0.2, 0.25) is 0 Å². The van der Waals surface area contributed by atoms with E-state index < -0.39 is 0 Å². The second-order valence-corrected chi connectivity index (χ2v) is 4.89. The number of methoxy groups -OCH3 is 1. The Bertz CT molecular complexity index is 325. The fourth-order valence-corrected chi connectivity index (χ4v) is 1.58. The van der Waals surface area contributed by atoms with Crippen molar-refractivity contribution in [3.63, 3.8) is 0 Å². The Morgan fingerprint density at radius 1 is 1.28 bits per heavy atom. The number of nitrogens with one attached hydrogen (secondary N) is 1. The van der Waals surface area contributed by atoms with Gasteiger partial charge < -0.3 is 14.8 Å². The van der Waals surface area contributed by atoms with Gasteiger partial charge in [0.1, 0.15) is 11.9 Å². The molecule has 0 amide bonds. The first-order chi connectivity index (χ1) is 8.61. The lowest BCUT2D eigenvalue weighted by atomic mass is 10.2. The zero-order valence-electron chi connectivity index (χ0n) is 11.8. The first-order valence-electron chi connectivity index (χ1n) is 6.43. The van der Waals surface area contributed by atoms with Gasteiger partial charge in [0.05, 0.1) is 18.5 Å². The summed E-state index contributed by atoms with van der Waals surface area (Å²) in [6, 6.07) is 3.94. The molecule has 1 aromatic heterocycles. The molecule has 1 aromatic rings. The van der Waals surface area contributed by atoms with Crippen molar-refractivity contribution >= 4 is 0 Å². The Morgan fingerprint density at radius 3 is 2.61 bits per heavy atom. The van der Waals surface area contributed by atoms with Crippen molar-refractivity contribution in [1.29, 1.82) is 0 Å². The average Bonchev–Trinajstić information content (AvgIpc) is 2.31. The Kier molecular flexibility index (Phi) is 6.68. The van der Waals surface area contributed by atoms with Gasteiger partial charge in [-0.25, -0.2) is 0 Å². The second-order valence-electron chi connectivity index (χ2n) is 4.89. The van der Waals surface area contributed by atoms with Crippen LogP contribution in [0, 0.1) is 5.92 Å². The zero-order chi connectivity index (χ0) is 13.4. The highest BCUT2D eigenvalue weighted by Gasteiger charge is 2.03. The quantitative estimate of drug-likeness (QED) is 0.770. The molecule has 1 unspecified atom stereocenters. The summed E-state index contributed by atoms with van der Waals surface area (Å²) in [6.45, 7) is 8.74. The van der Waals surface area contributed by atoms with E-state index in [0.29, 0.717) is 12.5 Å². The van der Waals surface area contributed by atoms with Gasteiger partial charge in [0.2, 0.25) is 0 Å². The molecule has 0 aliphatic rings. The fourth-order valence-electron chi connectivity index (χ4n) is 1.58. The predicted octanol–water partition coefficient (Wildman–Crippen LogP) is 2.24. The van der Waals surface area contributed by atoms with Crippen molar-refractivity contribution in [2.75, 3.05) is 20.3 Å². The largest absolute Gasteiger partial charge is 0.487 e. The van der Waals surface area contributed by atoms with Crippen LogP contribution in [0.15, 0.2) is 18.3 Å². The molecular formula is C14H24N2O2. The smallest absolute Gasteiger partial charge is 0.138 e. The number of aromatic nitrogens is 1. The van der Waals surface area contributed by atoms with Crippen molar-refractivity contribution in [1.82, 2.24) is 10.3 Å². The monoisotopic (exact) mass is 252 g/mol. The van der Waals surface area contributed by atoms with Gasteiger partial charge in [-0.05, 0) is 31.5 Å². The number of pyridine rings is 1. The van der Waals surface area contributed by atoms with Crippen LogP contribution >= 0.6 is 0 Å². The molecule has 4 heteroatoms. The molecule has 0 fully saturated rings. The van der Waals surface area contributed by atoms with Crippen molar-refractivity contribution in [3.05, 3.63) is 24.0 Å². The number of hydrogen-bond donors (Lipinski definition) is 1. The highest BCUT2D eigenvalue weighted by Crippen LogP contribution is 2.11. The minimum absolute atomic E-state index is 0.0433. The van der Waals surface area contributed by atoms with Crippen LogP contribution in [0.5, 0.6) is 5.75 Å². The molecule has 0 saturated heterocycles. The van der Waals surface area contributed by atoms with Gasteiger partial charge >= 0.3 is 0 Å². The van der Waals surface area contributed by atoms with Crippen LogP contribution in [0.25, 0.3) is 0 Å². The van der Waals surface area contributed by atoms with E-state index in [1.54, 1.807) is 13.3 Å². The third-order valence-electron chi connectivity index (χ3n) is 2.39. The molecule has 4 nitrogen and oxygen atoms in total. The standard InChI is InChI=1S/C14H24N2O2/c1-11(2)7-15-8-13-5-6-14(9-16-13)18-12(3)10-17-4/h5-6,9,11-12,15H,7-8,10H2,1-4H3. The lowest BCUT2D eigenvalue weighted by molar-refractivity contribution is 0.0918. The average molecular weight is 252 g/mol. The van der Waals surface area contributed by atoms with Gasteiger partial charge in [0, 0.05) is 13.7 Å². The summed E-state index contributed by atoms with van der Waals surface area (Å²) in [5.41, 5.74) is 1.03. The van der Waals surface area contributed by atoms with Gasteiger partial charge in [-0.1, -0.05) is 13.8 Å². The third kappa shape index (κ3) is 5.98. The van der Waals surface area contributed by atoms with Crippen LogP contribution in [-0.2, 0) is 11.3 Å². The van der Waals surface area contributed by atoms with Crippen LogP contribution in [0.3, 0.4) is 0 Å². The maximum Gasteiger partial charge on any atom is 0.138 e. The lowest BCUT2D eigenvalue weighted by Gasteiger charge is -2.13. The van der Waals surface area contributed by atoms with Gasteiger partial charge in [-0.15, -0.1) is 0 Å². The van der Waals surface area contributed by atoms with E-state index in [1.165, 1.54) is 0 Å². The Labute approximate surface area is 110 Å². The minimum atomic E-state index is 0.0433. The molecule has 102 valence electrons. The van der Waals surface area contributed by atoms with Gasteiger partial charge in [-0.3, -0.25) is 4.98 Å². The van der Waals surface area contributed by atoms with E-state index in [4.69, 9.17) is 9.47 Å². The van der Waals surface area contributed by atoms with Crippen LogP contribution in [0.4, 0.5) is 0 Å². The van der Waals surface area contributed by atoms with Crippen molar-refractivity contribution in [3.8, 4) is 5.75 Å². The summed E-state index contributed by atoms with van der Waals surface area (Å²) in [4.78, 5) is 4.36. The SMILES string of the molecule is COCC(C)Oc1ccc(CNCC(C)C)nc1. The molecule has 0 bridgehead atoms. The topological polar surface area (TPSA) is 43.4 Å². The first-order valence-corrected chi connectivity index (χ1v) is 6.43. The number of nitrogens with zero attached hydrogens (tertiary/aromatic N) is 1. The lowest BCUT2D eigenvalue weighted by Crippen LogP contribution is -2.20. The summed E-state index contributed by atoms with van der Waals surface area (Å²) in [6.07, 6.45) is 1.81. The minimum Gasteiger partial charge on any atom is -0.487 e. The number of ether oxygens (including phenoxy) is 2. The zero-order valence-corrected chi connectivity index (χ0v) is 11.8. The molecule has 1 rings (SSSR count). The van der Waals surface area contributed by atoms with Gasteiger partial charge in [-0.2, -0.15) is 0 Å². The van der Waals surface area contributed by atoms with Crippen LogP contribution in [-0.4, -0.2) is 31.3 Å². The van der Waals surface area contributed by atoms with Crippen molar-refractivity contribution < 1.29 is 9.47 Å². The van der Waals surface area contributed by atoms with Crippen molar-refractivity contribution in [2.24, 2.45) is 5.92 Å². The first kappa shape index (κ1) is 14.9. The molecule has 0 aliphatic heterocycles. The molecule has 0 spiro atoms. The van der Waals surface area contributed by atoms with E-state index >= 15 is 0 Å². The molecule has 0 aliphatic carbocycles. The number of rotatable bonds is 8. The number of hydrogen-bond acceptors (Lipinski definition) is 4. The van der Waals surface area contributed by atoms with E-state index in [9.17, 15) is 0 Å². The van der Waals surface area contributed by atoms with E-state index in [0.717, 1.165) is 24.5 Å². The fraction of sp³-hybridized carbons (Fsp3) is 0.643. The van der Waals surface area contributed by atoms with Crippen LogP contribution < -0.4 is 10.1 Å². The molecular weight excluding hydrogens is 228 g/mol. The summed E-state index contributed by atoms with van der Waals surface area (Å²) in [7, 11) is 1.67. The summed E-state index contributed by atoms with van der Waals surface area (Å²) >= 11 is 0. The van der Waals surface area contributed by atoms with Gasteiger partial charge in [0.25, 0.3) is 0 Å². The highest BCUT2D eigenvalue weighted by molar-refractivity contribution is 5.20. The molecule has 0 aromatic carbocycles. The molecule has 18 heavy (non-hydrogen) atoms. The van der Waals surface area contributed by atoms with Crippen molar-refractivity contribution in [2.45, 2.75) is 33.4 Å². The maximum absolute atomic E-state index is 5.64. The predicted molar refractivity (Wildman–Crippen MR) is 72.7 cm³/mol. The Balaban J connectivity index is 2.37.